The van der Waals surface area contributed by atoms with Gasteiger partial charge in [-0.1, -0.05) is 49.2 Å². The molecule has 1 aliphatic rings. The molecular formula is C29H30N5O2S+. The van der Waals surface area contributed by atoms with E-state index in [1.807, 2.05) is 72.9 Å². The summed E-state index contributed by atoms with van der Waals surface area (Å²) < 4.78 is 11.6. The summed E-state index contributed by atoms with van der Waals surface area (Å²) in [6.45, 7) is 0.463. The van der Waals surface area contributed by atoms with Crippen LogP contribution in [0.4, 0.5) is 5.82 Å². The highest BCUT2D eigenvalue weighted by atomic mass is 32.2. The number of nitrogens with zero attached hydrogens (tertiary/aromatic N) is 2. The molecule has 0 bridgehead atoms. The van der Waals surface area contributed by atoms with Crippen molar-refractivity contribution in [3.05, 3.63) is 78.5 Å². The van der Waals surface area contributed by atoms with Crippen molar-refractivity contribution in [1.29, 1.82) is 10.8 Å². The maximum Gasteiger partial charge on any atom is 0.265 e. The van der Waals surface area contributed by atoms with Crippen LogP contribution in [0.1, 0.15) is 31.2 Å². The highest BCUT2D eigenvalue weighted by molar-refractivity contribution is 8.25. The molecule has 4 N–H and O–H groups in total. The van der Waals surface area contributed by atoms with Crippen molar-refractivity contribution in [1.82, 2.24) is 9.97 Å². The first-order chi connectivity index (χ1) is 18.1. The van der Waals surface area contributed by atoms with Crippen LogP contribution in [0.15, 0.2) is 72.9 Å². The molecule has 0 unspecified atom stereocenters. The predicted octanol–water partition coefficient (Wildman–Crippen LogP) is 5.91. The summed E-state index contributed by atoms with van der Waals surface area (Å²) in [5, 5.41) is 19.3. The largest absolute Gasteiger partial charge is 0.493 e. The van der Waals surface area contributed by atoms with Crippen LogP contribution >= 0.6 is 11.8 Å². The third-order valence-corrected chi connectivity index (χ3v) is 7.41. The Morgan fingerprint density at radius 3 is 2.54 bits per heavy atom. The third-order valence-electron chi connectivity index (χ3n) is 6.52. The molecular weight excluding hydrogens is 482 g/mol. The summed E-state index contributed by atoms with van der Waals surface area (Å²) in [6, 6.07) is 21.7. The van der Waals surface area contributed by atoms with E-state index in [-0.39, 0.29) is 0 Å². The Balaban J connectivity index is 1.30. The average molecular weight is 513 g/mol. The molecule has 8 heteroatoms. The zero-order valence-electron chi connectivity index (χ0n) is 20.7. The molecule has 0 aliphatic heterocycles. The van der Waals surface area contributed by atoms with Crippen LogP contribution < -0.4 is 14.8 Å². The van der Waals surface area contributed by atoms with Gasteiger partial charge in [0.2, 0.25) is 5.82 Å². The second kappa shape index (κ2) is 11.5. The van der Waals surface area contributed by atoms with E-state index in [9.17, 15) is 0 Å². The zero-order chi connectivity index (χ0) is 25.6. The number of quaternary nitrogens is 1. The lowest BCUT2D eigenvalue weighted by atomic mass is 10.1. The Hall–Kier alpha value is -3.75. The van der Waals surface area contributed by atoms with Crippen molar-refractivity contribution in [2.45, 2.75) is 32.3 Å². The van der Waals surface area contributed by atoms with E-state index in [1.54, 1.807) is 12.4 Å². The van der Waals surface area contributed by atoms with E-state index in [0.29, 0.717) is 40.1 Å². The van der Waals surface area contributed by atoms with E-state index < -0.39 is 0 Å². The topological polar surface area (TPSA) is 109 Å². The Labute approximate surface area is 220 Å². The van der Waals surface area contributed by atoms with E-state index in [1.165, 1.54) is 24.6 Å². The van der Waals surface area contributed by atoms with Gasteiger partial charge in [-0.3, -0.25) is 10.4 Å². The number of hydrogen-bond acceptors (Lipinski definition) is 7. The Kier molecular flexibility index (Phi) is 7.77. The van der Waals surface area contributed by atoms with E-state index in [0.717, 1.165) is 40.6 Å². The lowest BCUT2D eigenvalue weighted by molar-refractivity contribution is -0.442. The number of aromatic nitrogens is 2. The van der Waals surface area contributed by atoms with Crippen molar-refractivity contribution >= 4 is 38.8 Å². The Morgan fingerprint density at radius 1 is 0.946 bits per heavy atom. The van der Waals surface area contributed by atoms with Crippen LogP contribution in [0.3, 0.4) is 0 Å². The summed E-state index contributed by atoms with van der Waals surface area (Å²) in [6.07, 6.45) is 6.32. The average Bonchev–Trinajstić information content (AvgIpc) is 3.47. The van der Waals surface area contributed by atoms with Crippen molar-refractivity contribution in [2.24, 2.45) is 5.92 Å². The maximum atomic E-state index is 8.34. The van der Waals surface area contributed by atoms with Gasteiger partial charge in [0.25, 0.3) is 5.17 Å². The van der Waals surface area contributed by atoms with Gasteiger partial charge in [0.1, 0.15) is 6.61 Å². The van der Waals surface area contributed by atoms with Crippen molar-refractivity contribution in [2.75, 3.05) is 7.11 Å². The quantitative estimate of drug-likeness (QED) is 0.211. The normalized spacial score (nSPS) is 13.5. The fraction of sp³-hybridized carbons (Fsp3) is 0.241. The minimum Gasteiger partial charge on any atom is -0.493 e. The summed E-state index contributed by atoms with van der Waals surface area (Å²) >= 11 is 1.23. The molecule has 0 saturated heterocycles. The molecule has 37 heavy (non-hydrogen) atoms. The van der Waals surface area contributed by atoms with Gasteiger partial charge in [0, 0.05) is 35.5 Å². The van der Waals surface area contributed by atoms with Crippen molar-refractivity contribution < 1.29 is 14.8 Å². The number of hydrogen-bond donors (Lipinski definition) is 3. The number of benzene rings is 2. The summed E-state index contributed by atoms with van der Waals surface area (Å²) in [7, 11) is 1.64. The molecule has 1 aliphatic carbocycles. The first-order valence-electron chi connectivity index (χ1n) is 12.4. The van der Waals surface area contributed by atoms with Gasteiger partial charge in [0.05, 0.1) is 23.2 Å². The maximum absolute atomic E-state index is 8.34. The monoisotopic (exact) mass is 512 g/mol. The predicted molar refractivity (Wildman–Crippen MR) is 149 cm³/mol. The second-order valence-corrected chi connectivity index (χ2v) is 10.2. The number of nitrogens with one attached hydrogen (secondary N) is 2. The SMILES string of the molecule is COc1cc(-c2cnc3ccc([NH2+]C(=N)SC(=N)C4CCCC4)nc3c2)ccc1OCc1ccccc1. The number of thioether (sulfide) groups is 1. The Bertz CT molecular complexity index is 1420. The fourth-order valence-electron chi connectivity index (χ4n) is 4.52. The third kappa shape index (κ3) is 6.15. The van der Waals surface area contributed by atoms with Crippen molar-refractivity contribution in [3.63, 3.8) is 0 Å². The van der Waals surface area contributed by atoms with Crippen LogP contribution in [0.25, 0.3) is 22.2 Å². The van der Waals surface area contributed by atoms with Crippen LogP contribution in [0.2, 0.25) is 0 Å². The molecule has 2 aromatic heterocycles. The van der Waals surface area contributed by atoms with Gasteiger partial charge in [-0.05, 0) is 48.2 Å². The fourth-order valence-corrected chi connectivity index (χ4v) is 5.33. The van der Waals surface area contributed by atoms with Gasteiger partial charge >= 0.3 is 0 Å². The van der Waals surface area contributed by atoms with Gasteiger partial charge in [-0.2, -0.15) is 4.98 Å². The number of rotatable bonds is 7. The lowest BCUT2D eigenvalue weighted by Gasteiger charge is -2.13. The second-order valence-electron chi connectivity index (χ2n) is 9.09. The van der Waals surface area contributed by atoms with Gasteiger partial charge in [-0.25, -0.2) is 10.7 Å². The van der Waals surface area contributed by atoms with Gasteiger partial charge in [-0.15, -0.1) is 0 Å². The first kappa shape index (κ1) is 24.9. The molecule has 4 aromatic rings. The van der Waals surface area contributed by atoms with Gasteiger partial charge < -0.3 is 9.47 Å². The first-order valence-corrected chi connectivity index (χ1v) is 13.2. The summed E-state index contributed by atoms with van der Waals surface area (Å²) in [5.41, 5.74) is 4.49. The van der Waals surface area contributed by atoms with Crippen LogP contribution in [0.5, 0.6) is 11.5 Å². The number of fused-ring (bicyclic) bond motifs is 1. The smallest absolute Gasteiger partial charge is 0.265 e. The van der Waals surface area contributed by atoms with Crippen LogP contribution in [-0.4, -0.2) is 27.3 Å². The minimum absolute atomic E-state index is 0.308. The molecule has 0 amide bonds. The number of ether oxygens (including phenoxy) is 2. The zero-order valence-corrected chi connectivity index (χ0v) is 21.6. The van der Waals surface area contributed by atoms with Crippen LogP contribution in [0, 0.1) is 16.7 Å². The van der Waals surface area contributed by atoms with Crippen molar-refractivity contribution in [3.8, 4) is 22.6 Å². The highest BCUT2D eigenvalue weighted by Crippen LogP contribution is 2.34. The number of methoxy groups -OCH3 is 1. The molecule has 0 atom stereocenters. The molecule has 1 saturated carbocycles. The molecule has 5 rings (SSSR count). The van der Waals surface area contributed by atoms with E-state index in [2.05, 4.69) is 4.98 Å². The Morgan fingerprint density at radius 2 is 1.76 bits per heavy atom. The van der Waals surface area contributed by atoms with E-state index >= 15 is 0 Å². The minimum atomic E-state index is 0.308. The molecule has 1 fully saturated rings. The number of nitrogens with two attached hydrogens (primary N) is 1. The molecule has 2 heterocycles. The molecule has 0 radical (unpaired) electrons. The lowest BCUT2D eigenvalue weighted by Crippen LogP contribution is -2.81. The molecule has 7 nitrogen and oxygen atoms in total. The number of pyridine rings is 2. The van der Waals surface area contributed by atoms with Gasteiger partial charge in [0.15, 0.2) is 11.5 Å². The summed E-state index contributed by atoms with van der Waals surface area (Å²) in [5.74, 6) is 2.32. The molecule has 2 aromatic carbocycles. The molecule has 0 spiro atoms. The highest BCUT2D eigenvalue weighted by Gasteiger charge is 2.23. The number of amidine groups is 1. The molecule has 188 valence electrons. The summed E-state index contributed by atoms with van der Waals surface area (Å²) in [4.78, 5) is 9.32. The van der Waals surface area contributed by atoms with Crippen LogP contribution in [-0.2, 0) is 6.61 Å². The standard InChI is InChI=1S/C29H29N5O2S/c1-35-26-16-21(11-13-25(26)36-18-19-7-3-2-4-8-19)22-15-24-23(32-17-22)12-14-27(33-24)34-29(31)37-28(30)20-9-5-6-10-20/h2-4,7-8,11-17,20,30H,5-6,9-10,18H2,1H3,(H2,31,33,34)/p+1. The van der Waals surface area contributed by atoms with E-state index in [4.69, 9.17) is 25.3 Å².